The van der Waals surface area contributed by atoms with Crippen LogP contribution in [0, 0.1) is 5.92 Å². The standard InChI is InChI=1S/C9H13NO3S/c1-4(11)6-8(12)7(5(2)14-3)10-9(6)13/h5-7H,1-3H3,(H,10,13). The molecular formula is C9H13NO3S. The maximum Gasteiger partial charge on any atom is 0.238 e. The molecular weight excluding hydrogens is 202 g/mol. The summed E-state index contributed by atoms with van der Waals surface area (Å²) in [6, 6.07) is -0.508. The van der Waals surface area contributed by atoms with Gasteiger partial charge in [-0.1, -0.05) is 6.92 Å². The van der Waals surface area contributed by atoms with E-state index < -0.39 is 17.9 Å². The Bertz CT molecular complexity index is 290. The fourth-order valence-corrected chi connectivity index (χ4v) is 1.96. The summed E-state index contributed by atoms with van der Waals surface area (Å²) in [5.41, 5.74) is 0. The van der Waals surface area contributed by atoms with Crippen LogP contribution in [0.5, 0.6) is 0 Å². The molecule has 1 aliphatic rings. The van der Waals surface area contributed by atoms with Crippen LogP contribution in [0.25, 0.3) is 0 Å². The summed E-state index contributed by atoms with van der Waals surface area (Å²) < 4.78 is 0. The molecule has 1 aliphatic heterocycles. The smallest absolute Gasteiger partial charge is 0.238 e. The highest BCUT2D eigenvalue weighted by atomic mass is 32.2. The fraction of sp³-hybridized carbons (Fsp3) is 0.667. The molecule has 78 valence electrons. The van der Waals surface area contributed by atoms with Crippen LogP contribution in [0.2, 0.25) is 0 Å². The molecule has 3 unspecified atom stereocenters. The van der Waals surface area contributed by atoms with Gasteiger partial charge in [-0.05, 0) is 13.2 Å². The summed E-state index contributed by atoms with van der Waals surface area (Å²) in [7, 11) is 0. The number of hydrogen-bond donors (Lipinski definition) is 1. The van der Waals surface area contributed by atoms with Crippen LogP contribution in [0.15, 0.2) is 0 Å². The van der Waals surface area contributed by atoms with Crippen molar-refractivity contribution in [3.63, 3.8) is 0 Å². The van der Waals surface area contributed by atoms with E-state index >= 15 is 0 Å². The Balaban J connectivity index is 2.84. The van der Waals surface area contributed by atoms with E-state index in [1.54, 1.807) is 0 Å². The Kier molecular flexibility index (Phi) is 3.31. The lowest BCUT2D eigenvalue weighted by atomic mass is 9.98. The van der Waals surface area contributed by atoms with Gasteiger partial charge in [0.05, 0.1) is 0 Å². The van der Waals surface area contributed by atoms with Crippen LogP contribution in [-0.4, -0.2) is 35.0 Å². The largest absolute Gasteiger partial charge is 0.344 e. The average molecular weight is 215 g/mol. The zero-order valence-corrected chi connectivity index (χ0v) is 9.18. The van der Waals surface area contributed by atoms with E-state index in [9.17, 15) is 14.4 Å². The minimum Gasteiger partial charge on any atom is -0.344 e. The Labute approximate surface area is 86.8 Å². The van der Waals surface area contributed by atoms with Gasteiger partial charge < -0.3 is 5.32 Å². The van der Waals surface area contributed by atoms with E-state index in [1.165, 1.54) is 18.7 Å². The molecule has 3 atom stereocenters. The predicted molar refractivity (Wildman–Crippen MR) is 54.1 cm³/mol. The third-order valence-electron chi connectivity index (χ3n) is 2.40. The first-order valence-corrected chi connectivity index (χ1v) is 5.65. The van der Waals surface area contributed by atoms with E-state index in [2.05, 4.69) is 5.32 Å². The minimum absolute atomic E-state index is 0.01000. The number of amides is 1. The molecule has 14 heavy (non-hydrogen) atoms. The van der Waals surface area contributed by atoms with Crippen LogP contribution in [0.4, 0.5) is 0 Å². The summed E-state index contributed by atoms with van der Waals surface area (Å²) in [4.78, 5) is 34.0. The van der Waals surface area contributed by atoms with Crippen LogP contribution < -0.4 is 5.32 Å². The third-order valence-corrected chi connectivity index (χ3v) is 3.41. The summed E-state index contributed by atoms with van der Waals surface area (Å²) in [6.07, 6.45) is 1.87. The van der Waals surface area contributed by atoms with Gasteiger partial charge in [0, 0.05) is 5.25 Å². The highest BCUT2D eigenvalue weighted by Gasteiger charge is 2.45. The second-order valence-electron chi connectivity index (χ2n) is 3.37. The molecule has 1 rings (SSSR count). The summed E-state index contributed by atoms with van der Waals surface area (Å²) in [6.45, 7) is 3.13. The van der Waals surface area contributed by atoms with E-state index in [4.69, 9.17) is 0 Å². The van der Waals surface area contributed by atoms with E-state index in [1.807, 2.05) is 13.2 Å². The van der Waals surface area contributed by atoms with Gasteiger partial charge in [0.1, 0.15) is 11.8 Å². The monoisotopic (exact) mass is 215 g/mol. The lowest BCUT2D eigenvalue weighted by molar-refractivity contribution is -0.135. The summed E-state index contributed by atoms with van der Waals surface area (Å²) >= 11 is 1.49. The molecule has 1 amide bonds. The van der Waals surface area contributed by atoms with E-state index in [0.29, 0.717) is 0 Å². The lowest BCUT2D eigenvalue weighted by Crippen LogP contribution is -2.37. The highest BCUT2D eigenvalue weighted by Crippen LogP contribution is 2.20. The van der Waals surface area contributed by atoms with Crippen molar-refractivity contribution in [1.82, 2.24) is 5.32 Å². The second kappa shape index (κ2) is 4.13. The van der Waals surface area contributed by atoms with Gasteiger partial charge in [-0.2, -0.15) is 11.8 Å². The van der Waals surface area contributed by atoms with Gasteiger partial charge in [0.2, 0.25) is 5.91 Å². The quantitative estimate of drug-likeness (QED) is 0.674. The SMILES string of the molecule is CSC(C)C1NC(=O)C(C(C)=O)C1=O. The molecule has 1 fully saturated rings. The molecule has 0 aliphatic carbocycles. The molecule has 1 saturated heterocycles. The van der Waals surface area contributed by atoms with Crippen molar-refractivity contribution in [2.24, 2.45) is 5.92 Å². The van der Waals surface area contributed by atoms with Crippen molar-refractivity contribution in [3.8, 4) is 0 Å². The first-order valence-electron chi connectivity index (χ1n) is 4.36. The van der Waals surface area contributed by atoms with Crippen LogP contribution in [0.3, 0.4) is 0 Å². The normalized spacial score (nSPS) is 28.8. The highest BCUT2D eigenvalue weighted by molar-refractivity contribution is 7.99. The Hall–Kier alpha value is -0.840. The topological polar surface area (TPSA) is 63.2 Å². The molecule has 0 spiro atoms. The maximum absolute atomic E-state index is 11.6. The molecule has 0 saturated carbocycles. The molecule has 5 heteroatoms. The maximum atomic E-state index is 11.6. The van der Waals surface area contributed by atoms with Gasteiger partial charge in [0.25, 0.3) is 0 Å². The number of ketones is 2. The number of hydrogen-bond acceptors (Lipinski definition) is 4. The van der Waals surface area contributed by atoms with E-state index in [0.717, 1.165) is 0 Å². The second-order valence-corrected chi connectivity index (χ2v) is 4.59. The molecule has 1 N–H and O–H groups in total. The Morgan fingerprint density at radius 1 is 1.50 bits per heavy atom. The lowest BCUT2D eigenvalue weighted by Gasteiger charge is -2.14. The Morgan fingerprint density at radius 2 is 2.07 bits per heavy atom. The minimum atomic E-state index is -1.07. The Morgan fingerprint density at radius 3 is 2.43 bits per heavy atom. The van der Waals surface area contributed by atoms with Crippen molar-refractivity contribution in [2.75, 3.05) is 6.26 Å². The van der Waals surface area contributed by atoms with Crippen LogP contribution >= 0.6 is 11.8 Å². The number of nitrogens with one attached hydrogen (secondary N) is 1. The van der Waals surface area contributed by atoms with Crippen molar-refractivity contribution in [2.45, 2.75) is 25.1 Å². The van der Waals surface area contributed by atoms with Crippen LogP contribution in [-0.2, 0) is 14.4 Å². The van der Waals surface area contributed by atoms with Gasteiger partial charge in [-0.15, -0.1) is 0 Å². The molecule has 0 aromatic heterocycles. The van der Waals surface area contributed by atoms with Gasteiger partial charge in [0.15, 0.2) is 11.7 Å². The molecule has 0 radical (unpaired) electrons. The van der Waals surface area contributed by atoms with Crippen molar-refractivity contribution < 1.29 is 14.4 Å². The number of rotatable bonds is 3. The molecule has 1 heterocycles. The van der Waals surface area contributed by atoms with Gasteiger partial charge in [-0.25, -0.2) is 0 Å². The van der Waals surface area contributed by atoms with Gasteiger partial charge >= 0.3 is 0 Å². The number of Topliss-reactive ketones (excluding diaryl/α,β-unsaturated/α-hetero) is 2. The van der Waals surface area contributed by atoms with Crippen LogP contribution in [0.1, 0.15) is 13.8 Å². The van der Waals surface area contributed by atoms with Crippen molar-refractivity contribution in [3.05, 3.63) is 0 Å². The zero-order valence-electron chi connectivity index (χ0n) is 8.37. The fourth-order valence-electron chi connectivity index (χ4n) is 1.49. The van der Waals surface area contributed by atoms with E-state index in [-0.39, 0.29) is 16.8 Å². The van der Waals surface area contributed by atoms with Crippen molar-refractivity contribution >= 4 is 29.2 Å². The predicted octanol–water partition coefficient (Wildman–Crippen LogP) is 0.0106. The molecule has 0 bridgehead atoms. The zero-order chi connectivity index (χ0) is 10.9. The number of thioether (sulfide) groups is 1. The molecule has 0 aromatic rings. The van der Waals surface area contributed by atoms with Gasteiger partial charge in [-0.3, -0.25) is 14.4 Å². The average Bonchev–Trinajstić information content (AvgIpc) is 2.40. The first kappa shape index (κ1) is 11.2. The number of carbonyl (C=O) groups is 3. The number of carbonyl (C=O) groups excluding carboxylic acids is 3. The van der Waals surface area contributed by atoms with Crippen molar-refractivity contribution in [1.29, 1.82) is 0 Å². The third kappa shape index (κ3) is 1.82. The summed E-state index contributed by atoms with van der Waals surface area (Å²) in [5, 5.41) is 2.57. The molecule has 4 nitrogen and oxygen atoms in total. The first-order chi connectivity index (χ1) is 6.49. The molecule has 0 aromatic carbocycles. The summed E-state index contributed by atoms with van der Waals surface area (Å²) in [5.74, 6) is -2.18.